The molecule has 0 aromatic heterocycles. The summed E-state index contributed by atoms with van der Waals surface area (Å²) in [7, 11) is 1.63. The van der Waals surface area contributed by atoms with Crippen molar-refractivity contribution in [1.29, 1.82) is 0 Å². The van der Waals surface area contributed by atoms with Crippen molar-refractivity contribution in [1.82, 2.24) is 5.32 Å². The lowest BCUT2D eigenvalue weighted by molar-refractivity contribution is -0.870. The van der Waals surface area contributed by atoms with Gasteiger partial charge in [-0.3, -0.25) is 13.8 Å². The Bertz CT molecular complexity index is 839. The topological polar surface area (TPSA) is 105 Å². The van der Waals surface area contributed by atoms with E-state index in [1.54, 1.807) is 0 Å². The van der Waals surface area contributed by atoms with Crippen LogP contribution in [0.4, 0.5) is 0 Å². The molecular formula is C44H92N2O6P+. The number of amides is 1. The molecule has 0 saturated carbocycles. The molecule has 0 spiro atoms. The van der Waals surface area contributed by atoms with Gasteiger partial charge in [0.15, 0.2) is 0 Å². The molecule has 0 aliphatic heterocycles. The lowest BCUT2D eigenvalue weighted by Crippen LogP contribution is -2.46. The van der Waals surface area contributed by atoms with Crippen molar-refractivity contribution in [3.05, 3.63) is 0 Å². The smallest absolute Gasteiger partial charge is 0.391 e. The molecule has 0 aliphatic rings. The van der Waals surface area contributed by atoms with Crippen molar-refractivity contribution in [2.45, 2.75) is 238 Å². The molecule has 9 heteroatoms. The van der Waals surface area contributed by atoms with E-state index in [-0.39, 0.29) is 19.1 Å². The van der Waals surface area contributed by atoms with Crippen molar-refractivity contribution in [2.75, 3.05) is 40.9 Å². The Morgan fingerprint density at radius 2 is 0.906 bits per heavy atom. The van der Waals surface area contributed by atoms with Crippen molar-refractivity contribution in [3.63, 3.8) is 0 Å². The molecule has 0 bridgehead atoms. The number of nitrogens with zero attached hydrogens (tertiary/aromatic N) is 1. The Morgan fingerprint density at radius 3 is 1.26 bits per heavy atom. The van der Waals surface area contributed by atoms with Gasteiger partial charge >= 0.3 is 7.82 Å². The fourth-order valence-electron chi connectivity index (χ4n) is 6.93. The zero-order valence-corrected chi connectivity index (χ0v) is 36.9. The number of carbonyl (C=O) groups is 1. The summed E-state index contributed by atoms with van der Waals surface area (Å²) in [5.74, 6) is -0.141. The van der Waals surface area contributed by atoms with Gasteiger partial charge in [0.2, 0.25) is 5.91 Å². The summed E-state index contributed by atoms with van der Waals surface area (Å²) in [4.78, 5) is 23.1. The Balaban J connectivity index is 4.28. The first-order valence-corrected chi connectivity index (χ1v) is 24.4. The van der Waals surface area contributed by atoms with Gasteiger partial charge in [0.05, 0.1) is 39.9 Å². The maximum Gasteiger partial charge on any atom is 0.472 e. The number of aliphatic hydroxyl groups excluding tert-OH is 1. The first-order chi connectivity index (χ1) is 25.5. The van der Waals surface area contributed by atoms with Crippen LogP contribution in [0.5, 0.6) is 0 Å². The number of nitrogens with one attached hydrogen (secondary N) is 1. The standard InChI is InChI=1S/C44H91N2O6P/c1-6-8-10-12-14-16-18-20-21-22-23-24-26-28-30-32-34-36-38-44(48)45-42(41-52-53(49,50)51-40-39-46(3,4)5)43(47)37-35-33-31-29-27-25-19-17-15-13-11-9-7-2/h42-43,47H,6-41H2,1-5H3,(H-,45,48,49,50)/p+1. The Morgan fingerprint density at radius 1 is 0.566 bits per heavy atom. The molecule has 0 aromatic rings. The molecule has 0 rings (SSSR count). The molecule has 0 heterocycles. The molecule has 3 unspecified atom stereocenters. The highest BCUT2D eigenvalue weighted by Gasteiger charge is 2.28. The van der Waals surface area contributed by atoms with Crippen LogP contribution in [-0.2, 0) is 18.4 Å². The van der Waals surface area contributed by atoms with E-state index >= 15 is 0 Å². The normalized spacial score (nSPS) is 14.3. The van der Waals surface area contributed by atoms with Gasteiger partial charge in [0, 0.05) is 6.42 Å². The van der Waals surface area contributed by atoms with E-state index in [1.165, 1.54) is 161 Å². The summed E-state index contributed by atoms with van der Waals surface area (Å²) < 4.78 is 23.6. The third kappa shape index (κ3) is 39.5. The molecule has 3 N–H and O–H groups in total. The summed E-state index contributed by atoms with van der Waals surface area (Å²) in [6, 6.07) is -0.752. The first kappa shape index (κ1) is 52.5. The van der Waals surface area contributed by atoms with Gasteiger partial charge in [-0.15, -0.1) is 0 Å². The highest BCUT2D eigenvalue weighted by Crippen LogP contribution is 2.43. The number of phosphoric ester groups is 1. The molecule has 1 amide bonds. The summed E-state index contributed by atoms with van der Waals surface area (Å²) in [5, 5.41) is 14.0. The van der Waals surface area contributed by atoms with Gasteiger partial charge in [-0.1, -0.05) is 206 Å². The van der Waals surface area contributed by atoms with Gasteiger partial charge in [0.1, 0.15) is 13.2 Å². The van der Waals surface area contributed by atoms with Crippen molar-refractivity contribution in [3.8, 4) is 0 Å². The molecule has 0 saturated heterocycles. The van der Waals surface area contributed by atoms with Crippen LogP contribution in [0.1, 0.15) is 226 Å². The molecule has 0 radical (unpaired) electrons. The minimum absolute atomic E-state index is 0.0785. The lowest BCUT2D eigenvalue weighted by Gasteiger charge is -2.26. The van der Waals surface area contributed by atoms with Gasteiger partial charge in [-0.05, 0) is 12.8 Å². The fourth-order valence-corrected chi connectivity index (χ4v) is 7.67. The maximum atomic E-state index is 12.9. The molecule has 8 nitrogen and oxygen atoms in total. The van der Waals surface area contributed by atoms with Crippen LogP contribution in [0.3, 0.4) is 0 Å². The Labute approximate surface area is 329 Å². The third-order valence-electron chi connectivity index (χ3n) is 10.6. The summed E-state index contributed by atoms with van der Waals surface area (Å²) in [5.41, 5.74) is 0. The van der Waals surface area contributed by atoms with E-state index in [2.05, 4.69) is 19.2 Å². The van der Waals surface area contributed by atoms with Crippen LogP contribution in [0.2, 0.25) is 0 Å². The largest absolute Gasteiger partial charge is 0.472 e. The molecule has 3 atom stereocenters. The summed E-state index contributed by atoms with van der Waals surface area (Å²) in [6.07, 6.45) is 39.8. The second kappa shape index (κ2) is 37.1. The monoisotopic (exact) mass is 776 g/mol. The molecule has 318 valence electrons. The average molecular weight is 776 g/mol. The van der Waals surface area contributed by atoms with E-state index in [4.69, 9.17) is 9.05 Å². The third-order valence-corrected chi connectivity index (χ3v) is 11.6. The lowest BCUT2D eigenvalue weighted by atomic mass is 10.0. The van der Waals surface area contributed by atoms with Crippen LogP contribution in [0.15, 0.2) is 0 Å². The van der Waals surface area contributed by atoms with E-state index in [1.807, 2.05) is 21.1 Å². The fraction of sp³-hybridized carbons (Fsp3) is 0.977. The number of phosphoric acid groups is 1. The number of likely N-dealkylation sites (N-methyl/N-ethyl adjacent to an activating group) is 1. The number of carbonyl (C=O) groups excluding carboxylic acids is 1. The van der Waals surface area contributed by atoms with Crippen LogP contribution in [0.25, 0.3) is 0 Å². The van der Waals surface area contributed by atoms with E-state index in [9.17, 15) is 19.4 Å². The number of quaternary nitrogens is 1. The number of aliphatic hydroxyl groups is 1. The number of hydrogen-bond donors (Lipinski definition) is 3. The van der Waals surface area contributed by atoms with E-state index in [0.29, 0.717) is 23.9 Å². The predicted octanol–water partition coefficient (Wildman–Crippen LogP) is 12.6. The number of unbranched alkanes of at least 4 members (excludes halogenated alkanes) is 29. The zero-order valence-electron chi connectivity index (χ0n) is 36.0. The van der Waals surface area contributed by atoms with Crippen molar-refractivity contribution in [2.24, 2.45) is 0 Å². The SMILES string of the molecule is CCCCCCCCCCCCCCCCCCCCC(=O)NC(COP(=O)(O)OCC[N+](C)(C)C)C(O)CCCCCCCCCCCCCCC. The van der Waals surface area contributed by atoms with Gasteiger partial charge in [-0.2, -0.15) is 0 Å². The highest BCUT2D eigenvalue weighted by atomic mass is 31.2. The van der Waals surface area contributed by atoms with Crippen LogP contribution >= 0.6 is 7.82 Å². The second-order valence-corrected chi connectivity index (χ2v) is 18.6. The van der Waals surface area contributed by atoms with Crippen molar-refractivity contribution >= 4 is 13.7 Å². The van der Waals surface area contributed by atoms with Crippen molar-refractivity contribution < 1.29 is 32.9 Å². The zero-order chi connectivity index (χ0) is 39.3. The molecule has 0 aliphatic carbocycles. The second-order valence-electron chi connectivity index (χ2n) is 17.1. The Kier molecular flexibility index (Phi) is 36.7. The maximum absolute atomic E-state index is 12.9. The van der Waals surface area contributed by atoms with Gasteiger partial charge in [-0.25, -0.2) is 4.57 Å². The number of hydrogen-bond acceptors (Lipinski definition) is 5. The predicted molar refractivity (Wildman–Crippen MR) is 226 cm³/mol. The van der Waals surface area contributed by atoms with Gasteiger partial charge in [0.25, 0.3) is 0 Å². The van der Waals surface area contributed by atoms with Crippen LogP contribution in [-0.4, -0.2) is 73.4 Å². The summed E-state index contributed by atoms with van der Waals surface area (Å²) >= 11 is 0. The number of rotatable bonds is 42. The molecular weight excluding hydrogens is 683 g/mol. The Hall–Kier alpha value is -0.500. The van der Waals surface area contributed by atoms with Crippen LogP contribution in [0, 0.1) is 0 Å². The summed E-state index contributed by atoms with van der Waals surface area (Å²) in [6.45, 7) is 4.91. The first-order valence-electron chi connectivity index (χ1n) is 22.9. The molecule has 0 fully saturated rings. The molecule has 53 heavy (non-hydrogen) atoms. The average Bonchev–Trinajstić information content (AvgIpc) is 3.10. The molecule has 0 aromatic carbocycles. The minimum Gasteiger partial charge on any atom is -0.391 e. The van der Waals surface area contributed by atoms with E-state index in [0.717, 1.165) is 38.5 Å². The minimum atomic E-state index is -4.30. The van der Waals surface area contributed by atoms with Gasteiger partial charge < -0.3 is 19.8 Å². The van der Waals surface area contributed by atoms with Crippen LogP contribution < -0.4 is 5.32 Å². The highest BCUT2D eigenvalue weighted by molar-refractivity contribution is 7.47. The van der Waals surface area contributed by atoms with E-state index < -0.39 is 20.0 Å². The quantitative estimate of drug-likeness (QED) is 0.0324.